The molecule has 1 saturated carbocycles. The first kappa shape index (κ1) is 12.8. The van der Waals surface area contributed by atoms with E-state index in [1.165, 1.54) is 31.7 Å². The van der Waals surface area contributed by atoms with Gasteiger partial charge < -0.3 is 5.32 Å². The van der Waals surface area contributed by atoms with E-state index in [-0.39, 0.29) is 5.82 Å². The molecule has 0 bridgehead atoms. The van der Waals surface area contributed by atoms with Crippen molar-refractivity contribution < 1.29 is 4.39 Å². The van der Waals surface area contributed by atoms with Crippen LogP contribution in [0.5, 0.6) is 0 Å². The molecule has 1 nitrogen and oxygen atoms in total. The average molecular weight is 256 g/mol. The van der Waals surface area contributed by atoms with Gasteiger partial charge in [-0.25, -0.2) is 4.39 Å². The van der Waals surface area contributed by atoms with Gasteiger partial charge in [-0.1, -0.05) is 31.4 Å². The van der Waals surface area contributed by atoms with Crippen LogP contribution in [0.25, 0.3) is 0 Å². The van der Waals surface area contributed by atoms with Crippen molar-refractivity contribution in [2.45, 2.75) is 39.2 Å². The summed E-state index contributed by atoms with van der Waals surface area (Å²) in [5.41, 5.74) is 1.05. The second-order valence-corrected chi connectivity index (χ2v) is 5.79. The molecule has 1 aromatic rings. The molecule has 94 valence electrons. The first-order valence-corrected chi connectivity index (χ1v) is 6.62. The standard InChI is InChI=1S/C14H19ClFN/c1-14(6-2-3-7-14)10-17-9-11-8-12(15)4-5-13(11)16/h4-5,8,17H,2-3,6-7,9-10H2,1H3. The zero-order chi connectivity index (χ0) is 12.3. The van der Waals surface area contributed by atoms with E-state index in [1.807, 2.05) is 0 Å². The van der Waals surface area contributed by atoms with Crippen LogP contribution in [0.15, 0.2) is 18.2 Å². The number of benzene rings is 1. The molecule has 17 heavy (non-hydrogen) atoms. The van der Waals surface area contributed by atoms with E-state index < -0.39 is 0 Å². The van der Waals surface area contributed by atoms with Gasteiger partial charge in [-0.3, -0.25) is 0 Å². The third-order valence-corrected chi connectivity index (χ3v) is 3.92. The molecule has 1 aromatic carbocycles. The van der Waals surface area contributed by atoms with Crippen LogP contribution in [0, 0.1) is 11.2 Å². The highest BCUT2D eigenvalue weighted by Gasteiger charge is 2.27. The first-order valence-electron chi connectivity index (χ1n) is 6.24. The van der Waals surface area contributed by atoms with Crippen molar-refractivity contribution >= 4 is 11.6 Å². The van der Waals surface area contributed by atoms with Crippen LogP contribution in [0.1, 0.15) is 38.2 Å². The summed E-state index contributed by atoms with van der Waals surface area (Å²) >= 11 is 5.86. The molecule has 2 rings (SSSR count). The predicted molar refractivity (Wildman–Crippen MR) is 69.7 cm³/mol. The Balaban J connectivity index is 1.87. The number of halogens is 2. The highest BCUT2D eigenvalue weighted by atomic mass is 35.5. The monoisotopic (exact) mass is 255 g/mol. The Hall–Kier alpha value is -0.600. The molecule has 0 amide bonds. The SMILES string of the molecule is CC1(CNCc2cc(Cl)ccc2F)CCCC1. The molecular formula is C14H19ClFN. The van der Waals surface area contributed by atoms with Crippen molar-refractivity contribution in [1.82, 2.24) is 5.32 Å². The number of hydrogen-bond acceptors (Lipinski definition) is 1. The van der Waals surface area contributed by atoms with Crippen molar-refractivity contribution in [1.29, 1.82) is 0 Å². The Bertz CT molecular complexity index is 386. The molecular weight excluding hydrogens is 237 g/mol. The Morgan fingerprint density at radius 3 is 2.76 bits per heavy atom. The van der Waals surface area contributed by atoms with Crippen LogP contribution in [-0.4, -0.2) is 6.54 Å². The summed E-state index contributed by atoms with van der Waals surface area (Å²) in [7, 11) is 0. The lowest BCUT2D eigenvalue weighted by molar-refractivity contribution is 0.314. The number of hydrogen-bond donors (Lipinski definition) is 1. The molecule has 0 spiro atoms. The molecule has 1 aliphatic rings. The van der Waals surface area contributed by atoms with Crippen LogP contribution in [0.2, 0.25) is 5.02 Å². The molecule has 0 radical (unpaired) electrons. The van der Waals surface area contributed by atoms with Gasteiger partial charge in [0.2, 0.25) is 0 Å². The smallest absolute Gasteiger partial charge is 0.127 e. The number of rotatable bonds is 4. The molecule has 1 fully saturated rings. The minimum atomic E-state index is -0.182. The Kier molecular flexibility index (Phi) is 4.05. The predicted octanol–water partition coefficient (Wildman–Crippen LogP) is 4.15. The fraction of sp³-hybridized carbons (Fsp3) is 0.571. The van der Waals surface area contributed by atoms with Gasteiger partial charge in [-0.05, 0) is 36.5 Å². The Morgan fingerprint density at radius 1 is 1.35 bits per heavy atom. The van der Waals surface area contributed by atoms with E-state index in [4.69, 9.17) is 11.6 Å². The minimum Gasteiger partial charge on any atom is -0.312 e. The van der Waals surface area contributed by atoms with Crippen LogP contribution >= 0.6 is 11.6 Å². The number of nitrogens with one attached hydrogen (secondary N) is 1. The lowest BCUT2D eigenvalue weighted by atomic mass is 9.89. The van der Waals surface area contributed by atoms with Gasteiger partial charge in [0, 0.05) is 23.7 Å². The fourth-order valence-corrected chi connectivity index (χ4v) is 2.78. The fourth-order valence-electron chi connectivity index (χ4n) is 2.58. The maximum Gasteiger partial charge on any atom is 0.127 e. The molecule has 0 aliphatic heterocycles. The second-order valence-electron chi connectivity index (χ2n) is 5.36. The second kappa shape index (κ2) is 5.36. The topological polar surface area (TPSA) is 12.0 Å². The summed E-state index contributed by atoms with van der Waals surface area (Å²) in [6.45, 7) is 3.82. The van der Waals surface area contributed by atoms with E-state index in [0.717, 1.165) is 6.54 Å². The van der Waals surface area contributed by atoms with E-state index >= 15 is 0 Å². The normalized spacial score (nSPS) is 18.5. The van der Waals surface area contributed by atoms with Crippen molar-refractivity contribution in [3.63, 3.8) is 0 Å². The van der Waals surface area contributed by atoms with Crippen LogP contribution in [0.3, 0.4) is 0 Å². The summed E-state index contributed by atoms with van der Waals surface area (Å²) in [6, 6.07) is 4.70. The quantitative estimate of drug-likeness (QED) is 0.852. The summed E-state index contributed by atoms with van der Waals surface area (Å²) in [5, 5.41) is 3.95. The van der Waals surface area contributed by atoms with Crippen molar-refractivity contribution in [3.05, 3.63) is 34.6 Å². The molecule has 0 aromatic heterocycles. The van der Waals surface area contributed by atoms with Gasteiger partial charge in [0.05, 0.1) is 0 Å². The van der Waals surface area contributed by atoms with Gasteiger partial charge in [0.25, 0.3) is 0 Å². The first-order chi connectivity index (χ1) is 8.09. The third-order valence-electron chi connectivity index (χ3n) is 3.69. The average Bonchev–Trinajstić information content (AvgIpc) is 2.71. The van der Waals surface area contributed by atoms with Gasteiger partial charge in [0.1, 0.15) is 5.82 Å². The molecule has 1 aliphatic carbocycles. The highest BCUT2D eigenvalue weighted by Crippen LogP contribution is 2.36. The maximum atomic E-state index is 13.5. The zero-order valence-electron chi connectivity index (χ0n) is 10.2. The summed E-state index contributed by atoms with van der Waals surface area (Å²) < 4.78 is 13.5. The van der Waals surface area contributed by atoms with Gasteiger partial charge in [-0.2, -0.15) is 0 Å². The largest absolute Gasteiger partial charge is 0.312 e. The van der Waals surface area contributed by atoms with Crippen LogP contribution in [0.4, 0.5) is 4.39 Å². The van der Waals surface area contributed by atoms with Crippen LogP contribution < -0.4 is 5.32 Å². The molecule has 0 atom stereocenters. The van der Waals surface area contributed by atoms with Crippen molar-refractivity contribution in [2.24, 2.45) is 5.41 Å². The van der Waals surface area contributed by atoms with Crippen molar-refractivity contribution in [2.75, 3.05) is 6.54 Å². The lowest BCUT2D eigenvalue weighted by Gasteiger charge is -2.23. The van der Waals surface area contributed by atoms with E-state index in [9.17, 15) is 4.39 Å². The molecule has 3 heteroatoms. The highest BCUT2D eigenvalue weighted by molar-refractivity contribution is 6.30. The molecule has 0 heterocycles. The summed E-state index contributed by atoms with van der Waals surface area (Å²) in [6.07, 6.45) is 5.20. The van der Waals surface area contributed by atoms with E-state index in [0.29, 0.717) is 22.5 Å². The van der Waals surface area contributed by atoms with E-state index in [1.54, 1.807) is 12.1 Å². The summed E-state index contributed by atoms with van der Waals surface area (Å²) in [4.78, 5) is 0. The zero-order valence-corrected chi connectivity index (χ0v) is 11.0. The van der Waals surface area contributed by atoms with Crippen molar-refractivity contribution in [3.8, 4) is 0 Å². The molecule has 0 unspecified atom stereocenters. The Morgan fingerprint density at radius 2 is 2.06 bits per heavy atom. The maximum absolute atomic E-state index is 13.5. The van der Waals surface area contributed by atoms with E-state index in [2.05, 4.69) is 12.2 Å². The molecule has 1 N–H and O–H groups in total. The Labute approximate surface area is 107 Å². The lowest BCUT2D eigenvalue weighted by Crippen LogP contribution is -2.29. The minimum absolute atomic E-state index is 0.182. The van der Waals surface area contributed by atoms with Gasteiger partial charge >= 0.3 is 0 Å². The molecule has 0 saturated heterocycles. The van der Waals surface area contributed by atoms with Gasteiger partial charge in [-0.15, -0.1) is 0 Å². The summed E-state index contributed by atoms with van der Waals surface area (Å²) in [5.74, 6) is -0.182. The van der Waals surface area contributed by atoms with Crippen LogP contribution in [-0.2, 0) is 6.54 Å². The third kappa shape index (κ3) is 3.43. The van der Waals surface area contributed by atoms with Gasteiger partial charge in [0.15, 0.2) is 0 Å².